The van der Waals surface area contributed by atoms with Crippen LogP contribution < -0.4 is 11.1 Å². The fraction of sp³-hybridized carbons (Fsp3) is 0.529. The first-order valence-corrected chi connectivity index (χ1v) is 10.6. The zero-order valence-corrected chi connectivity index (χ0v) is 16.4. The van der Waals surface area contributed by atoms with Gasteiger partial charge in [-0.15, -0.1) is 21.5 Å². The van der Waals surface area contributed by atoms with Crippen molar-refractivity contribution >= 4 is 39.9 Å². The number of fused-ring (bicyclic) bond motifs is 1. The van der Waals surface area contributed by atoms with E-state index in [9.17, 15) is 9.59 Å². The number of aromatic nitrogens is 3. The molecule has 0 aromatic carbocycles. The molecule has 9 heteroatoms. The zero-order valence-electron chi connectivity index (χ0n) is 14.8. The summed E-state index contributed by atoms with van der Waals surface area (Å²) in [5.74, 6) is -0.420. The summed E-state index contributed by atoms with van der Waals surface area (Å²) in [5, 5.41) is 12.2. The fourth-order valence-corrected chi connectivity index (χ4v) is 5.14. The van der Waals surface area contributed by atoms with Gasteiger partial charge in [-0.25, -0.2) is 0 Å². The van der Waals surface area contributed by atoms with Crippen molar-refractivity contribution in [2.45, 2.75) is 57.1 Å². The molecule has 3 N–H and O–H groups in total. The Morgan fingerprint density at radius 2 is 2.23 bits per heavy atom. The van der Waals surface area contributed by atoms with E-state index < -0.39 is 5.91 Å². The topological polar surface area (TPSA) is 103 Å². The van der Waals surface area contributed by atoms with E-state index in [1.54, 1.807) is 6.33 Å². The number of thiophene rings is 1. The van der Waals surface area contributed by atoms with Crippen molar-refractivity contribution < 1.29 is 9.59 Å². The minimum Gasteiger partial charge on any atom is -0.365 e. The summed E-state index contributed by atoms with van der Waals surface area (Å²) in [6.07, 6.45) is 7.92. The highest BCUT2D eigenvalue weighted by Gasteiger charge is 2.26. The molecular weight excluding hydrogens is 370 g/mol. The third kappa shape index (κ3) is 4.27. The molecule has 0 fully saturated rings. The summed E-state index contributed by atoms with van der Waals surface area (Å²) in [4.78, 5) is 25.3. The second-order valence-electron chi connectivity index (χ2n) is 6.28. The molecule has 0 unspecified atom stereocenters. The molecule has 2 aromatic rings. The van der Waals surface area contributed by atoms with E-state index in [2.05, 4.69) is 22.4 Å². The zero-order chi connectivity index (χ0) is 18.5. The molecule has 0 saturated carbocycles. The summed E-state index contributed by atoms with van der Waals surface area (Å²) in [5.41, 5.74) is 7.03. The lowest BCUT2D eigenvalue weighted by Gasteiger charge is -2.07. The maximum atomic E-state index is 12.3. The lowest BCUT2D eigenvalue weighted by Crippen LogP contribution is -2.19. The molecule has 2 amide bonds. The minimum atomic E-state index is -0.469. The quantitative estimate of drug-likeness (QED) is 0.504. The molecule has 26 heavy (non-hydrogen) atoms. The van der Waals surface area contributed by atoms with Crippen LogP contribution in [0.3, 0.4) is 0 Å². The molecule has 2 aromatic heterocycles. The number of thioether (sulfide) groups is 1. The van der Waals surface area contributed by atoms with Gasteiger partial charge in [0, 0.05) is 11.4 Å². The Morgan fingerprint density at radius 3 is 3.00 bits per heavy atom. The largest absolute Gasteiger partial charge is 0.365 e. The molecule has 0 radical (unpaired) electrons. The molecule has 0 spiro atoms. The van der Waals surface area contributed by atoms with Gasteiger partial charge in [-0.2, -0.15) is 0 Å². The smallest absolute Gasteiger partial charge is 0.251 e. The van der Waals surface area contributed by atoms with Crippen LogP contribution in [0.25, 0.3) is 0 Å². The van der Waals surface area contributed by atoms with Gasteiger partial charge in [0.15, 0.2) is 5.16 Å². The summed E-state index contributed by atoms with van der Waals surface area (Å²) < 4.78 is 1.97. The van der Waals surface area contributed by atoms with E-state index in [0.29, 0.717) is 10.6 Å². The van der Waals surface area contributed by atoms with Crippen LogP contribution in [0.4, 0.5) is 5.00 Å². The Morgan fingerprint density at radius 1 is 1.38 bits per heavy atom. The summed E-state index contributed by atoms with van der Waals surface area (Å²) in [6.45, 7) is 3.02. The lowest BCUT2D eigenvalue weighted by molar-refractivity contribution is -0.113. The standard InChI is InChI=1S/C17H23N5O2S2/c1-2-3-4-8-22-10-19-21-17(22)25-9-13(23)20-16-14(15(18)24)11-6-5-7-12(11)26-16/h10H,2-9H2,1H3,(H2,18,24)(H,20,23). The van der Waals surface area contributed by atoms with Gasteiger partial charge in [0.05, 0.1) is 11.3 Å². The van der Waals surface area contributed by atoms with Gasteiger partial charge in [0.1, 0.15) is 11.3 Å². The predicted octanol–water partition coefficient (Wildman–Crippen LogP) is 2.85. The van der Waals surface area contributed by atoms with Crippen molar-refractivity contribution in [2.24, 2.45) is 5.73 Å². The van der Waals surface area contributed by atoms with Crippen molar-refractivity contribution in [3.63, 3.8) is 0 Å². The number of hydrogen-bond acceptors (Lipinski definition) is 6. The van der Waals surface area contributed by atoms with E-state index in [1.165, 1.54) is 23.1 Å². The number of hydrogen-bond donors (Lipinski definition) is 2. The highest BCUT2D eigenvalue weighted by molar-refractivity contribution is 7.99. The maximum absolute atomic E-state index is 12.3. The number of carbonyl (C=O) groups is 2. The molecule has 0 aliphatic heterocycles. The molecule has 140 valence electrons. The maximum Gasteiger partial charge on any atom is 0.251 e. The lowest BCUT2D eigenvalue weighted by atomic mass is 10.1. The first-order valence-electron chi connectivity index (χ1n) is 8.85. The van der Waals surface area contributed by atoms with Crippen LogP contribution in [-0.4, -0.2) is 32.3 Å². The third-order valence-corrected chi connectivity index (χ3v) is 6.52. The molecule has 0 saturated heterocycles. The van der Waals surface area contributed by atoms with Gasteiger partial charge in [-0.3, -0.25) is 9.59 Å². The monoisotopic (exact) mass is 393 g/mol. The summed E-state index contributed by atoms with van der Waals surface area (Å²) >= 11 is 2.82. The molecular formula is C17H23N5O2S2. The number of anilines is 1. The number of rotatable bonds is 9. The minimum absolute atomic E-state index is 0.166. The number of nitrogens with zero attached hydrogens (tertiary/aromatic N) is 3. The molecule has 2 heterocycles. The molecule has 0 atom stereocenters. The Kier molecular flexibility index (Phi) is 6.31. The van der Waals surface area contributed by atoms with Crippen LogP contribution in [0.15, 0.2) is 11.5 Å². The molecule has 1 aliphatic rings. The van der Waals surface area contributed by atoms with Crippen molar-refractivity contribution in [3.8, 4) is 0 Å². The van der Waals surface area contributed by atoms with Crippen LogP contribution in [0, 0.1) is 0 Å². The highest BCUT2D eigenvalue weighted by atomic mass is 32.2. The average molecular weight is 394 g/mol. The van der Waals surface area contributed by atoms with Gasteiger partial charge in [-0.1, -0.05) is 31.5 Å². The second-order valence-corrected chi connectivity index (χ2v) is 8.32. The van der Waals surface area contributed by atoms with Gasteiger partial charge in [0.25, 0.3) is 5.91 Å². The average Bonchev–Trinajstić information content (AvgIpc) is 3.28. The molecule has 1 aliphatic carbocycles. The highest BCUT2D eigenvalue weighted by Crippen LogP contribution is 2.38. The van der Waals surface area contributed by atoms with Gasteiger partial charge in [0.2, 0.25) is 5.91 Å². The van der Waals surface area contributed by atoms with Crippen LogP contribution in [0.5, 0.6) is 0 Å². The van der Waals surface area contributed by atoms with E-state index in [0.717, 1.165) is 60.7 Å². The van der Waals surface area contributed by atoms with E-state index in [1.807, 2.05) is 4.57 Å². The Balaban J connectivity index is 1.59. The molecule has 3 rings (SSSR count). The first kappa shape index (κ1) is 18.9. The van der Waals surface area contributed by atoms with Crippen LogP contribution >= 0.6 is 23.1 Å². The first-order chi connectivity index (χ1) is 12.6. The number of amides is 2. The van der Waals surface area contributed by atoms with Gasteiger partial charge >= 0.3 is 0 Å². The van der Waals surface area contributed by atoms with Crippen molar-refractivity contribution in [3.05, 3.63) is 22.3 Å². The normalized spacial score (nSPS) is 13.0. The number of primary amides is 1. The summed E-state index contributed by atoms with van der Waals surface area (Å²) in [6, 6.07) is 0. The molecule has 0 bridgehead atoms. The second kappa shape index (κ2) is 8.68. The van der Waals surface area contributed by atoms with E-state index in [4.69, 9.17) is 5.73 Å². The Hall–Kier alpha value is -1.87. The number of nitrogens with one attached hydrogen (secondary N) is 1. The van der Waals surface area contributed by atoms with Crippen molar-refractivity contribution in [1.29, 1.82) is 0 Å². The molecule has 7 nitrogen and oxygen atoms in total. The van der Waals surface area contributed by atoms with Crippen molar-refractivity contribution in [1.82, 2.24) is 14.8 Å². The predicted molar refractivity (Wildman–Crippen MR) is 104 cm³/mol. The summed E-state index contributed by atoms with van der Waals surface area (Å²) in [7, 11) is 0. The fourth-order valence-electron chi connectivity index (χ4n) is 3.09. The van der Waals surface area contributed by atoms with Crippen LogP contribution in [-0.2, 0) is 24.2 Å². The van der Waals surface area contributed by atoms with Gasteiger partial charge < -0.3 is 15.6 Å². The van der Waals surface area contributed by atoms with Crippen LogP contribution in [0.2, 0.25) is 0 Å². The SMILES string of the molecule is CCCCCn1cnnc1SCC(=O)Nc1sc2c(c1C(N)=O)CCC2. The number of nitrogens with two attached hydrogens (primary N) is 1. The third-order valence-electron chi connectivity index (χ3n) is 4.34. The number of unbranched alkanes of at least 4 members (excludes halogenated alkanes) is 2. The Labute approximate surface area is 160 Å². The van der Waals surface area contributed by atoms with E-state index >= 15 is 0 Å². The van der Waals surface area contributed by atoms with Gasteiger partial charge in [-0.05, 0) is 31.2 Å². The van der Waals surface area contributed by atoms with E-state index in [-0.39, 0.29) is 11.7 Å². The Bertz CT molecular complexity index is 799. The number of aryl methyl sites for hydroxylation is 2. The van der Waals surface area contributed by atoms with Crippen molar-refractivity contribution in [2.75, 3.05) is 11.1 Å². The van der Waals surface area contributed by atoms with Crippen LogP contribution in [0.1, 0.15) is 53.4 Å². The number of carbonyl (C=O) groups excluding carboxylic acids is 2.